The van der Waals surface area contributed by atoms with Crippen LogP contribution >= 0.6 is 0 Å². The molecule has 0 bridgehead atoms. The molecule has 2 heteroatoms. The molecule has 0 saturated heterocycles. The Morgan fingerprint density at radius 2 is 1.86 bits per heavy atom. The fourth-order valence-corrected chi connectivity index (χ4v) is 1.35. The van der Waals surface area contributed by atoms with Crippen LogP contribution in [0.3, 0.4) is 0 Å². The first-order chi connectivity index (χ1) is 6.44. The molecule has 14 heavy (non-hydrogen) atoms. The van der Waals surface area contributed by atoms with Crippen molar-refractivity contribution in [2.45, 2.75) is 33.2 Å². The summed E-state index contributed by atoms with van der Waals surface area (Å²) in [4.78, 5) is 0. The number of benzene rings is 1. The lowest BCUT2D eigenvalue weighted by molar-refractivity contribution is 0.414. The van der Waals surface area contributed by atoms with Crippen LogP contribution in [0.5, 0.6) is 5.75 Å². The Balaban J connectivity index is 3.05. The molecule has 0 atom stereocenters. The van der Waals surface area contributed by atoms with Crippen molar-refractivity contribution < 1.29 is 4.74 Å². The standard InChI is InChI=1S/C12H19NO/c1-9-7-6-8-10(14-5)11(9)13-12(2,3)4/h6-8,13H,1-5H3. The zero-order valence-corrected chi connectivity index (χ0v) is 9.64. The fraction of sp³-hybridized carbons (Fsp3) is 0.500. The van der Waals surface area contributed by atoms with Crippen LogP contribution in [-0.2, 0) is 0 Å². The van der Waals surface area contributed by atoms with Crippen LogP contribution in [0, 0.1) is 6.92 Å². The zero-order chi connectivity index (χ0) is 10.8. The minimum atomic E-state index is 0.0550. The lowest BCUT2D eigenvalue weighted by Gasteiger charge is -2.25. The van der Waals surface area contributed by atoms with Crippen molar-refractivity contribution in [2.75, 3.05) is 12.4 Å². The van der Waals surface area contributed by atoms with Gasteiger partial charge in [-0.1, -0.05) is 12.1 Å². The molecule has 0 heterocycles. The highest BCUT2D eigenvalue weighted by atomic mass is 16.5. The van der Waals surface area contributed by atoms with Gasteiger partial charge in [-0.05, 0) is 39.3 Å². The van der Waals surface area contributed by atoms with E-state index in [2.05, 4.69) is 39.1 Å². The predicted octanol–water partition coefficient (Wildman–Crippen LogP) is 3.21. The molecule has 0 unspecified atom stereocenters. The molecule has 0 amide bonds. The minimum absolute atomic E-state index is 0.0550. The van der Waals surface area contributed by atoms with Crippen molar-refractivity contribution in [3.63, 3.8) is 0 Å². The molecule has 0 spiro atoms. The third kappa shape index (κ3) is 2.66. The lowest BCUT2D eigenvalue weighted by atomic mass is 10.1. The van der Waals surface area contributed by atoms with Gasteiger partial charge in [0.05, 0.1) is 12.8 Å². The SMILES string of the molecule is COc1cccc(C)c1NC(C)(C)C. The lowest BCUT2D eigenvalue weighted by Crippen LogP contribution is -2.26. The number of methoxy groups -OCH3 is 1. The highest BCUT2D eigenvalue weighted by Gasteiger charge is 2.13. The maximum absolute atomic E-state index is 5.31. The average Bonchev–Trinajstić information content (AvgIpc) is 2.06. The first-order valence-corrected chi connectivity index (χ1v) is 4.86. The molecular formula is C12H19NO. The van der Waals surface area contributed by atoms with Crippen molar-refractivity contribution in [2.24, 2.45) is 0 Å². The molecule has 1 N–H and O–H groups in total. The number of aryl methyl sites for hydroxylation is 1. The summed E-state index contributed by atoms with van der Waals surface area (Å²) in [6.07, 6.45) is 0. The van der Waals surface area contributed by atoms with Crippen LogP contribution in [0.2, 0.25) is 0 Å². The van der Waals surface area contributed by atoms with Gasteiger partial charge in [0.1, 0.15) is 5.75 Å². The summed E-state index contributed by atoms with van der Waals surface area (Å²) < 4.78 is 5.31. The van der Waals surface area contributed by atoms with Gasteiger partial charge < -0.3 is 10.1 Å². The van der Waals surface area contributed by atoms with E-state index in [1.54, 1.807) is 7.11 Å². The van der Waals surface area contributed by atoms with Gasteiger partial charge in [-0.25, -0.2) is 0 Å². The largest absolute Gasteiger partial charge is 0.495 e. The minimum Gasteiger partial charge on any atom is -0.495 e. The molecule has 0 aliphatic rings. The molecule has 0 aliphatic heterocycles. The van der Waals surface area contributed by atoms with Crippen molar-refractivity contribution in [3.8, 4) is 5.75 Å². The van der Waals surface area contributed by atoms with Crippen LogP contribution < -0.4 is 10.1 Å². The van der Waals surface area contributed by atoms with E-state index in [9.17, 15) is 0 Å². The Kier molecular flexibility index (Phi) is 3.04. The Labute approximate surface area is 86.3 Å². The monoisotopic (exact) mass is 193 g/mol. The van der Waals surface area contributed by atoms with Gasteiger partial charge in [0, 0.05) is 5.54 Å². The van der Waals surface area contributed by atoms with Crippen LogP contribution in [0.15, 0.2) is 18.2 Å². The molecule has 0 aromatic heterocycles. The summed E-state index contributed by atoms with van der Waals surface area (Å²) in [5.41, 5.74) is 2.35. The second-order valence-corrected chi connectivity index (χ2v) is 4.53. The number of para-hydroxylation sites is 1. The highest BCUT2D eigenvalue weighted by Crippen LogP contribution is 2.29. The van der Waals surface area contributed by atoms with Gasteiger partial charge in [0.2, 0.25) is 0 Å². The quantitative estimate of drug-likeness (QED) is 0.778. The Morgan fingerprint density at radius 1 is 1.21 bits per heavy atom. The van der Waals surface area contributed by atoms with E-state index in [0.29, 0.717) is 0 Å². The second kappa shape index (κ2) is 3.91. The van der Waals surface area contributed by atoms with E-state index >= 15 is 0 Å². The molecule has 1 rings (SSSR count). The molecule has 78 valence electrons. The van der Waals surface area contributed by atoms with Gasteiger partial charge in [0.15, 0.2) is 0 Å². The van der Waals surface area contributed by atoms with E-state index < -0.39 is 0 Å². The summed E-state index contributed by atoms with van der Waals surface area (Å²) in [6, 6.07) is 6.06. The molecular weight excluding hydrogens is 174 g/mol. The summed E-state index contributed by atoms with van der Waals surface area (Å²) in [6.45, 7) is 8.49. The number of anilines is 1. The fourth-order valence-electron chi connectivity index (χ4n) is 1.35. The van der Waals surface area contributed by atoms with Crippen molar-refractivity contribution in [1.82, 2.24) is 0 Å². The van der Waals surface area contributed by atoms with E-state index in [-0.39, 0.29) is 5.54 Å². The zero-order valence-electron chi connectivity index (χ0n) is 9.64. The number of ether oxygens (including phenoxy) is 1. The van der Waals surface area contributed by atoms with Crippen LogP contribution in [0.1, 0.15) is 26.3 Å². The first kappa shape index (κ1) is 10.9. The van der Waals surface area contributed by atoms with E-state index in [0.717, 1.165) is 11.4 Å². The summed E-state index contributed by atoms with van der Waals surface area (Å²) in [7, 11) is 1.70. The number of rotatable bonds is 2. The third-order valence-corrected chi connectivity index (χ3v) is 1.95. The summed E-state index contributed by atoms with van der Waals surface area (Å²) >= 11 is 0. The van der Waals surface area contributed by atoms with Crippen molar-refractivity contribution in [1.29, 1.82) is 0 Å². The normalized spacial score (nSPS) is 11.2. The van der Waals surface area contributed by atoms with Gasteiger partial charge in [-0.15, -0.1) is 0 Å². The van der Waals surface area contributed by atoms with Crippen molar-refractivity contribution >= 4 is 5.69 Å². The molecule has 2 nitrogen and oxygen atoms in total. The van der Waals surface area contributed by atoms with Crippen LogP contribution in [0.4, 0.5) is 5.69 Å². The Morgan fingerprint density at radius 3 is 2.36 bits per heavy atom. The van der Waals surface area contributed by atoms with E-state index in [1.165, 1.54) is 5.56 Å². The number of hydrogen-bond acceptors (Lipinski definition) is 2. The topological polar surface area (TPSA) is 21.3 Å². The Hall–Kier alpha value is -1.18. The molecule has 0 saturated carbocycles. The van der Waals surface area contributed by atoms with E-state index in [4.69, 9.17) is 4.74 Å². The Bertz CT molecular complexity index is 313. The van der Waals surface area contributed by atoms with Crippen LogP contribution in [0.25, 0.3) is 0 Å². The van der Waals surface area contributed by atoms with Gasteiger partial charge in [-0.2, -0.15) is 0 Å². The number of nitrogens with one attached hydrogen (secondary N) is 1. The summed E-state index contributed by atoms with van der Waals surface area (Å²) in [5.74, 6) is 0.903. The molecule has 0 fully saturated rings. The molecule has 0 aliphatic carbocycles. The second-order valence-electron chi connectivity index (χ2n) is 4.53. The summed E-state index contributed by atoms with van der Waals surface area (Å²) in [5, 5.41) is 3.44. The maximum Gasteiger partial charge on any atom is 0.142 e. The average molecular weight is 193 g/mol. The molecule has 0 radical (unpaired) electrons. The maximum atomic E-state index is 5.31. The third-order valence-electron chi connectivity index (χ3n) is 1.95. The van der Waals surface area contributed by atoms with Gasteiger partial charge in [-0.3, -0.25) is 0 Å². The molecule has 1 aromatic carbocycles. The number of hydrogen-bond donors (Lipinski definition) is 1. The smallest absolute Gasteiger partial charge is 0.142 e. The van der Waals surface area contributed by atoms with Gasteiger partial charge >= 0.3 is 0 Å². The van der Waals surface area contributed by atoms with Crippen LogP contribution in [-0.4, -0.2) is 12.6 Å². The highest BCUT2D eigenvalue weighted by molar-refractivity contribution is 5.62. The van der Waals surface area contributed by atoms with Crippen molar-refractivity contribution in [3.05, 3.63) is 23.8 Å². The van der Waals surface area contributed by atoms with E-state index in [1.807, 2.05) is 12.1 Å². The van der Waals surface area contributed by atoms with Gasteiger partial charge in [0.25, 0.3) is 0 Å². The predicted molar refractivity (Wildman–Crippen MR) is 61.1 cm³/mol. The first-order valence-electron chi connectivity index (χ1n) is 4.86. The molecule has 1 aromatic rings.